The van der Waals surface area contributed by atoms with Gasteiger partial charge in [0.2, 0.25) is 5.89 Å². The molecule has 1 aromatic carbocycles. The van der Waals surface area contributed by atoms with E-state index in [1.807, 2.05) is 4.57 Å². The molecule has 148 valence electrons. The van der Waals surface area contributed by atoms with Crippen LogP contribution in [-0.4, -0.2) is 45.8 Å². The zero-order valence-corrected chi connectivity index (χ0v) is 16.0. The molecular formula is C19H24FN7O. The molecule has 0 aliphatic rings. The number of hydrogen-bond donors (Lipinski definition) is 2. The number of nitrogens with zero attached hydrogens (tertiary/aromatic N) is 5. The minimum Gasteiger partial charge on any atom is -0.444 e. The first-order valence-electron chi connectivity index (χ1n) is 9.21. The summed E-state index contributed by atoms with van der Waals surface area (Å²) < 4.78 is 20.5. The molecule has 0 aliphatic carbocycles. The highest BCUT2D eigenvalue weighted by atomic mass is 19.1. The number of aryl methyl sites for hydroxylation is 1. The maximum atomic E-state index is 13.0. The van der Waals surface area contributed by atoms with Gasteiger partial charge in [0.15, 0.2) is 5.96 Å². The molecule has 0 atom stereocenters. The van der Waals surface area contributed by atoms with Crippen LogP contribution < -0.4 is 10.6 Å². The van der Waals surface area contributed by atoms with Crippen LogP contribution in [-0.2, 0) is 19.4 Å². The van der Waals surface area contributed by atoms with E-state index in [4.69, 9.17) is 4.42 Å². The summed E-state index contributed by atoms with van der Waals surface area (Å²) >= 11 is 0. The zero-order chi connectivity index (χ0) is 19.8. The van der Waals surface area contributed by atoms with E-state index >= 15 is 0 Å². The van der Waals surface area contributed by atoms with E-state index in [2.05, 4.69) is 37.7 Å². The number of aliphatic imine (C=N–C) groups is 1. The van der Waals surface area contributed by atoms with Gasteiger partial charge in [-0.1, -0.05) is 6.92 Å². The second kappa shape index (κ2) is 9.63. The summed E-state index contributed by atoms with van der Waals surface area (Å²) in [5.74, 6) is 1.88. The number of aromatic nitrogens is 4. The minimum absolute atomic E-state index is 0.283. The Morgan fingerprint density at radius 3 is 2.75 bits per heavy atom. The quantitative estimate of drug-likeness (QED) is 0.455. The summed E-state index contributed by atoms with van der Waals surface area (Å²) in [4.78, 5) is 8.66. The fourth-order valence-electron chi connectivity index (χ4n) is 2.71. The number of hydrogen-bond acceptors (Lipinski definition) is 5. The van der Waals surface area contributed by atoms with Crippen LogP contribution in [0.2, 0.25) is 0 Å². The highest BCUT2D eigenvalue weighted by molar-refractivity contribution is 5.79. The summed E-state index contributed by atoms with van der Waals surface area (Å²) in [7, 11) is 1.73. The molecule has 2 aromatic heterocycles. The maximum Gasteiger partial charge on any atom is 0.226 e. The third kappa shape index (κ3) is 5.15. The van der Waals surface area contributed by atoms with Crippen LogP contribution in [0.1, 0.15) is 18.4 Å². The van der Waals surface area contributed by atoms with Gasteiger partial charge in [-0.3, -0.25) is 4.99 Å². The molecule has 0 fully saturated rings. The summed E-state index contributed by atoms with van der Waals surface area (Å²) in [6, 6.07) is 6.07. The van der Waals surface area contributed by atoms with Crippen molar-refractivity contribution in [2.24, 2.45) is 4.99 Å². The average Bonchev–Trinajstić information content (AvgIpc) is 3.36. The van der Waals surface area contributed by atoms with Crippen molar-refractivity contribution in [2.75, 3.05) is 20.1 Å². The van der Waals surface area contributed by atoms with Crippen LogP contribution in [0.3, 0.4) is 0 Å². The van der Waals surface area contributed by atoms with Gasteiger partial charge in [0, 0.05) is 45.1 Å². The molecule has 0 amide bonds. The zero-order valence-electron chi connectivity index (χ0n) is 16.0. The Bertz CT molecular complexity index is 901. The van der Waals surface area contributed by atoms with E-state index in [-0.39, 0.29) is 5.82 Å². The molecule has 0 saturated heterocycles. The lowest BCUT2D eigenvalue weighted by molar-refractivity contribution is 0.571. The monoisotopic (exact) mass is 385 g/mol. The van der Waals surface area contributed by atoms with Gasteiger partial charge in [0.05, 0.1) is 5.69 Å². The molecule has 2 heterocycles. The van der Waals surface area contributed by atoms with Crippen LogP contribution in [0.25, 0.3) is 11.5 Å². The van der Waals surface area contributed by atoms with E-state index < -0.39 is 0 Å². The molecule has 2 N–H and O–H groups in total. The molecule has 9 heteroatoms. The van der Waals surface area contributed by atoms with Crippen molar-refractivity contribution in [1.82, 2.24) is 30.4 Å². The smallest absolute Gasteiger partial charge is 0.226 e. The topological polar surface area (TPSA) is 93.2 Å². The van der Waals surface area contributed by atoms with Crippen molar-refractivity contribution < 1.29 is 8.81 Å². The van der Waals surface area contributed by atoms with Crippen molar-refractivity contribution in [3.8, 4) is 11.5 Å². The molecule has 0 saturated carbocycles. The minimum atomic E-state index is -0.283. The van der Waals surface area contributed by atoms with E-state index in [1.54, 1.807) is 31.8 Å². The molecule has 0 aliphatic heterocycles. The third-order valence-corrected chi connectivity index (χ3v) is 4.20. The average molecular weight is 385 g/mol. The van der Waals surface area contributed by atoms with E-state index in [0.717, 1.165) is 30.0 Å². The highest BCUT2D eigenvalue weighted by Gasteiger charge is 2.07. The van der Waals surface area contributed by atoms with Crippen LogP contribution >= 0.6 is 0 Å². The number of benzene rings is 1. The maximum absolute atomic E-state index is 13.0. The van der Waals surface area contributed by atoms with Gasteiger partial charge >= 0.3 is 0 Å². The third-order valence-electron chi connectivity index (χ3n) is 4.20. The molecule has 3 rings (SSSR count). The van der Waals surface area contributed by atoms with Gasteiger partial charge in [-0.25, -0.2) is 9.37 Å². The van der Waals surface area contributed by atoms with Gasteiger partial charge in [-0.05, 0) is 24.3 Å². The van der Waals surface area contributed by atoms with E-state index in [9.17, 15) is 4.39 Å². The number of oxazole rings is 1. The van der Waals surface area contributed by atoms with Gasteiger partial charge in [0.1, 0.15) is 24.2 Å². The Labute approximate surface area is 162 Å². The Morgan fingerprint density at radius 2 is 2.00 bits per heavy atom. The van der Waals surface area contributed by atoms with Crippen molar-refractivity contribution in [2.45, 2.75) is 26.3 Å². The number of halogens is 1. The Balaban J connectivity index is 1.43. The molecule has 0 unspecified atom stereocenters. The van der Waals surface area contributed by atoms with Gasteiger partial charge in [0.25, 0.3) is 0 Å². The van der Waals surface area contributed by atoms with Gasteiger partial charge in [-0.2, -0.15) is 0 Å². The van der Waals surface area contributed by atoms with Gasteiger partial charge in [-0.15, -0.1) is 10.2 Å². The SMILES string of the molecule is CCc1nncn1CCNC(=NC)NCCc1coc(-c2ccc(F)cc2)n1. The summed E-state index contributed by atoms with van der Waals surface area (Å²) in [5.41, 5.74) is 1.57. The molecule has 0 radical (unpaired) electrons. The van der Waals surface area contributed by atoms with Crippen molar-refractivity contribution >= 4 is 5.96 Å². The van der Waals surface area contributed by atoms with Crippen LogP contribution in [0.4, 0.5) is 4.39 Å². The molecule has 28 heavy (non-hydrogen) atoms. The van der Waals surface area contributed by atoms with Crippen LogP contribution in [0, 0.1) is 5.82 Å². The Hall–Kier alpha value is -3.23. The Morgan fingerprint density at radius 1 is 1.21 bits per heavy atom. The lowest BCUT2D eigenvalue weighted by Crippen LogP contribution is -2.39. The van der Waals surface area contributed by atoms with Crippen molar-refractivity contribution in [3.63, 3.8) is 0 Å². The molecule has 0 bridgehead atoms. The number of nitrogens with one attached hydrogen (secondary N) is 2. The molecular weight excluding hydrogens is 361 g/mol. The fourth-order valence-corrected chi connectivity index (χ4v) is 2.71. The first kappa shape index (κ1) is 19.5. The summed E-state index contributed by atoms with van der Waals surface area (Å²) in [6.07, 6.45) is 4.89. The summed E-state index contributed by atoms with van der Waals surface area (Å²) in [5, 5.41) is 14.5. The molecule has 8 nitrogen and oxygen atoms in total. The van der Waals surface area contributed by atoms with Crippen LogP contribution in [0.5, 0.6) is 0 Å². The number of rotatable bonds is 8. The van der Waals surface area contributed by atoms with Crippen LogP contribution in [0.15, 0.2) is 46.3 Å². The van der Waals surface area contributed by atoms with E-state index in [0.29, 0.717) is 31.4 Å². The standard InChI is InChI=1S/C19H24FN7O/c1-3-17-26-24-13-27(17)11-10-23-19(21-2)22-9-8-16-12-28-18(25-16)14-4-6-15(20)7-5-14/h4-7,12-13H,3,8-11H2,1-2H3,(H2,21,22,23). The van der Waals surface area contributed by atoms with Crippen molar-refractivity contribution in [1.29, 1.82) is 0 Å². The highest BCUT2D eigenvalue weighted by Crippen LogP contribution is 2.18. The molecule has 3 aromatic rings. The molecule has 0 spiro atoms. The second-order valence-electron chi connectivity index (χ2n) is 6.12. The predicted octanol–water partition coefficient (Wildman–Crippen LogP) is 2.04. The van der Waals surface area contributed by atoms with Gasteiger partial charge < -0.3 is 19.6 Å². The fraction of sp³-hybridized carbons (Fsp3) is 0.368. The Kier molecular flexibility index (Phi) is 6.72. The van der Waals surface area contributed by atoms with Crippen molar-refractivity contribution in [3.05, 3.63) is 54.2 Å². The normalized spacial score (nSPS) is 11.6. The largest absolute Gasteiger partial charge is 0.444 e. The predicted molar refractivity (Wildman–Crippen MR) is 104 cm³/mol. The lowest BCUT2D eigenvalue weighted by Gasteiger charge is -2.12. The van der Waals surface area contributed by atoms with E-state index in [1.165, 1.54) is 12.1 Å². The summed E-state index contributed by atoms with van der Waals surface area (Å²) in [6.45, 7) is 4.19. The second-order valence-corrected chi connectivity index (χ2v) is 6.12. The first-order chi connectivity index (χ1) is 13.7. The lowest BCUT2D eigenvalue weighted by atomic mass is 10.2. The number of guanidine groups is 1. The first-order valence-corrected chi connectivity index (χ1v) is 9.21.